The molecule has 0 bridgehead atoms. The number of unbranched alkanes of at least 4 members (excludes halogenated alkanes) is 1. The van der Waals surface area contributed by atoms with E-state index in [4.69, 9.17) is 9.84 Å². The molecule has 2 heterocycles. The highest BCUT2D eigenvalue weighted by atomic mass is 32.1. The minimum absolute atomic E-state index is 0.163. The van der Waals surface area contributed by atoms with Crippen molar-refractivity contribution < 1.29 is 14.9 Å². The molecule has 7 nitrogen and oxygen atoms in total. The fourth-order valence-electron chi connectivity index (χ4n) is 3.35. The molecule has 3 N–H and O–H groups in total. The zero-order valence-corrected chi connectivity index (χ0v) is 17.8. The minimum atomic E-state index is -0.737. The molecule has 1 aliphatic rings. The van der Waals surface area contributed by atoms with Crippen LogP contribution >= 0.6 is 11.3 Å². The molecule has 2 aromatic heterocycles. The Bertz CT molecular complexity index is 1000. The van der Waals surface area contributed by atoms with Gasteiger partial charge in [0.2, 0.25) is 11.8 Å². The summed E-state index contributed by atoms with van der Waals surface area (Å²) in [5.74, 6) is 0.958. The van der Waals surface area contributed by atoms with Gasteiger partial charge in [0, 0.05) is 30.8 Å². The van der Waals surface area contributed by atoms with E-state index in [1.54, 1.807) is 23.6 Å². The van der Waals surface area contributed by atoms with Gasteiger partial charge in [0.05, 0.1) is 11.5 Å². The number of ether oxygens (including phenoxy) is 1. The first kappa shape index (κ1) is 20.7. The number of hydrogen-bond acceptors (Lipinski definition) is 8. The molecule has 1 fully saturated rings. The zero-order chi connectivity index (χ0) is 21.0. The highest BCUT2D eigenvalue weighted by Crippen LogP contribution is 2.44. The number of aryl methyl sites for hydroxylation is 1. The van der Waals surface area contributed by atoms with E-state index in [2.05, 4.69) is 26.3 Å². The van der Waals surface area contributed by atoms with E-state index in [0.717, 1.165) is 52.4 Å². The topological polar surface area (TPSA) is 100 Å². The summed E-state index contributed by atoms with van der Waals surface area (Å²) in [6.07, 6.45) is 7.60. The number of aliphatic hydroxyl groups excluding tert-OH is 1. The van der Waals surface area contributed by atoms with Crippen LogP contribution in [0.3, 0.4) is 0 Å². The Labute approximate surface area is 179 Å². The Hall–Kier alpha value is -2.55. The Morgan fingerprint density at radius 2 is 2.07 bits per heavy atom. The second kappa shape index (κ2) is 9.07. The molecular weight excluding hydrogens is 400 g/mol. The lowest BCUT2D eigenvalue weighted by molar-refractivity contribution is -0.0389. The number of nitrogens with one attached hydrogen (secondary N) is 1. The molecule has 0 amide bonds. The predicted molar refractivity (Wildman–Crippen MR) is 117 cm³/mol. The predicted octanol–water partition coefficient (Wildman–Crippen LogP) is 4.17. The maximum Gasteiger partial charge on any atom is 0.230 e. The van der Waals surface area contributed by atoms with Gasteiger partial charge in [-0.25, -0.2) is 9.97 Å². The molecule has 1 saturated carbocycles. The maximum atomic E-state index is 10.6. The largest absolute Gasteiger partial charge is 0.478 e. The van der Waals surface area contributed by atoms with Crippen molar-refractivity contribution in [2.75, 3.05) is 18.5 Å². The second-order valence-corrected chi connectivity index (χ2v) is 8.66. The lowest BCUT2D eigenvalue weighted by atomic mass is 9.81. The van der Waals surface area contributed by atoms with Crippen molar-refractivity contribution in [2.45, 2.75) is 44.6 Å². The van der Waals surface area contributed by atoms with E-state index < -0.39 is 5.60 Å². The average molecular weight is 427 g/mol. The number of anilines is 2. The lowest BCUT2D eigenvalue weighted by Gasteiger charge is -2.34. The third-order valence-electron chi connectivity index (χ3n) is 5.13. The van der Waals surface area contributed by atoms with Gasteiger partial charge in [-0.3, -0.25) is 0 Å². The maximum absolute atomic E-state index is 10.6. The van der Waals surface area contributed by atoms with E-state index in [-0.39, 0.29) is 6.61 Å². The smallest absolute Gasteiger partial charge is 0.230 e. The van der Waals surface area contributed by atoms with Gasteiger partial charge >= 0.3 is 0 Å². The zero-order valence-electron chi connectivity index (χ0n) is 17.0. The number of hydrogen-bond donors (Lipinski definition) is 3. The van der Waals surface area contributed by atoms with E-state index in [0.29, 0.717) is 24.9 Å². The molecule has 0 spiro atoms. The summed E-state index contributed by atoms with van der Waals surface area (Å²) in [5, 5.41) is 23.5. The summed E-state index contributed by atoms with van der Waals surface area (Å²) in [6, 6.07) is 7.89. The van der Waals surface area contributed by atoms with Crippen LogP contribution in [0.2, 0.25) is 0 Å². The van der Waals surface area contributed by atoms with Crippen molar-refractivity contribution in [2.24, 2.45) is 0 Å². The summed E-state index contributed by atoms with van der Waals surface area (Å²) >= 11 is 1.55. The van der Waals surface area contributed by atoms with Crippen LogP contribution in [-0.4, -0.2) is 38.4 Å². The molecule has 30 heavy (non-hydrogen) atoms. The third kappa shape index (κ3) is 4.77. The lowest BCUT2D eigenvalue weighted by Crippen LogP contribution is -2.33. The molecule has 8 heteroatoms. The number of rotatable bonds is 9. The van der Waals surface area contributed by atoms with Gasteiger partial charge in [0.15, 0.2) is 0 Å². The molecule has 158 valence electrons. The van der Waals surface area contributed by atoms with Gasteiger partial charge in [-0.15, -0.1) is 11.3 Å². The van der Waals surface area contributed by atoms with Gasteiger partial charge in [0.1, 0.15) is 10.6 Å². The minimum Gasteiger partial charge on any atom is -0.478 e. The highest BCUT2D eigenvalue weighted by Gasteiger charge is 2.39. The first-order chi connectivity index (χ1) is 14.6. The van der Waals surface area contributed by atoms with Crippen LogP contribution < -0.4 is 10.1 Å². The van der Waals surface area contributed by atoms with Crippen LogP contribution in [0.25, 0.3) is 10.4 Å². The standard InChI is InChI=1S/C22H26N4O3S/c1-15-11-16(18-14-24-20(30-18)22(28)6-4-7-22)13-17(12-15)25-21-23-8-5-19(26-21)29-10-3-2-9-27/h5,8,11-14,27-28H,2-4,6-7,9-10H2,1H3,(H,23,25,26). The van der Waals surface area contributed by atoms with E-state index >= 15 is 0 Å². The van der Waals surface area contributed by atoms with Gasteiger partial charge < -0.3 is 20.3 Å². The summed E-state index contributed by atoms with van der Waals surface area (Å²) < 4.78 is 5.62. The number of aliphatic hydroxyl groups is 2. The molecule has 1 aliphatic carbocycles. The van der Waals surface area contributed by atoms with Gasteiger partial charge in [0.25, 0.3) is 0 Å². The average Bonchev–Trinajstić information content (AvgIpc) is 3.20. The van der Waals surface area contributed by atoms with E-state index in [1.165, 1.54) is 0 Å². The Morgan fingerprint density at radius 1 is 1.20 bits per heavy atom. The summed E-state index contributed by atoms with van der Waals surface area (Å²) in [5.41, 5.74) is 2.28. The van der Waals surface area contributed by atoms with Crippen molar-refractivity contribution in [1.29, 1.82) is 0 Å². The van der Waals surface area contributed by atoms with Crippen LogP contribution in [0.1, 0.15) is 42.7 Å². The fraction of sp³-hybridized carbons (Fsp3) is 0.409. The fourth-order valence-corrected chi connectivity index (χ4v) is 4.40. The van der Waals surface area contributed by atoms with Crippen LogP contribution in [0.15, 0.2) is 36.7 Å². The van der Waals surface area contributed by atoms with Crippen molar-refractivity contribution in [1.82, 2.24) is 15.0 Å². The second-order valence-electron chi connectivity index (χ2n) is 7.63. The Morgan fingerprint density at radius 3 is 2.83 bits per heavy atom. The molecule has 0 radical (unpaired) electrons. The summed E-state index contributed by atoms with van der Waals surface area (Å²) in [4.78, 5) is 14.2. The summed E-state index contributed by atoms with van der Waals surface area (Å²) in [7, 11) is 0. The molecule has 0 saturated heterocycles. The molecule has 0 unspecified atom stereocenters. The molecular formula is C22H26N4O3S. The molecule has 3 aromatic rings. The van der Waals surface area contributed by atoms with Crippen molar-refractivity contribution in [3.63, 3.8) is 0 Å². The normalized spacial score (nSPS) is 14.9. The van der Waals surface area contributed by atoms with Crippen LogP contribution in [-0.2, 0) is 5.60 Å². The van der Waals surface area contributed by atoms with E-state index in [1.807, 2.05) is 25.3 Å². The van der Waals surface area contributed by atoms with Gasteiger partial charge in [-0.1, -0.05) is 6.07 Å². The molecule has 4 rings (SSSR count). The molecule has 0 atom stereocenters. The van der Waals surface area contributed by atoms with Crippen LogP contribution in [0.5, 0.6) is 5.88 Å². The highest BCUT2D eigenvalue weighted by molar-refractivity contribution is 7.15. The number of benzene rings is 1. The van der Waals surface area contributed by atoms with Gasteiger partial charge in [-0.05, 0) is 62.3 Å². The van der Waals surface area contributed by atoms with Crippen LogP contribution in [0, 0.1) is 6.92 Å². The van der Waals surface area contributed by atoms with Crippen molar-refractivity contribution in [3.8, 4) is 16.3 Å². The quantitative estimate of drug-likeness (QED) is 0.441. The number of nitrogens with zero attached hydrogens (tertiary/aromatic N) is 3. The molecule has 0 aliphatic heterocycles. The Kier molecular flexibility index (Phi) is 6.26. The van der Waals surface area contributed by atoms with Crippen LogP contribution in [0.4, 0.5) is 11.6 Å². The first-order valence-corrected chi connectivity index (χ1v) is 11.0. The molecule has 1 aromatic carbocycles. The number of aromatic nitrogens is 3. The van der Waals surface area contributed by atoms with Crippen molar-refractivity contribution in [3.05, 3.63) is 47.2 Å². The Balaban J connectivity index is 1.49. The first-order valence-electron chi connectivity index (χ1n) is 10.2. The number of thiazole rings is 1. The van der Waals surface area contributed by atoms with Gasteiger partial charge in [-0.2, -0.15) is 4.98 Å². The summed E-state index contributed by atoms with van der Waals surface area (Å²) in [6.45, 7) is 2.71. The van der Waals surface area contributed by atoms with Crippen molar-refractivity contribution >= 4 is 23.0 Å². The van der Waals surface area contributed by atoms with E-state index in [9.17, 15) is 5.11 Å². The monoisotopic (exact) mass is 426 g/mol. The SMILES string of the molecule is Cc1cc(Nc2nccc(OCCCCO)n2)cc(-c2cnc(C3(O)CCC3)s2)c1. The third-order valence-corrected chi connectivity index (χ3v) is 6.37.